The van der Waals surface area contributed by atoms with Crippen LogP contribution < -0.4 is 10.1 Å². The molecule has 1 unspecified atom stereocenters. The quantitative estimate of drug-likeness (QED) is 0.812. The Labute approximate surface area is 125 Å². The van der Waals surface area contributed by atoms with Crippen LogP contribution in [0.25, 0.3) is 0 Å². The van der Waals surface area contributed by atoms with Gasteiger partial charge in [0.2, 0.25) is 0 Å². The third-order valence-corrected chi connectivity index (χ3v) is 4.65. The van der Waals surface area contributed by atoms with Gasteiger partial charge in [-0.15, -0.1) is 0 Å². The molecule has 1 aliphatic rings. The van der Waals surface area contributed by atoms with Gasteiger partial charge < -0.3 is 10.1 Å². The molecular formula is C16H24BrNO. The van der Waals surface area contributed by atoms with Crippen molar-refractivity contribution in [2.75, 3.05) is 13.7 Å². The molecule has 1 fully saturated rings. The molecule has 0 aromatic heterocycles. The minimum absolute atomic E-state index is 0.607. The molecule has 106 valence electrons. The van der Waals surface area contributed by atoms with E-state index in [-0.39, 0.29) is 0 Å². The molecule has 0 radical (unpaired) electrons. The first-order valence-electron chi connectivity index (χ1n) is 7.28. The van der Waals surface area contributed by atoms with Crippen molar-refractivity contribution >= 4 is 15.9 Å². The SMILES string of the molecule is CCNC(Cc1ccc(OC)c(Br)c1)CC1CCC1. The van der Waals surface area contributed by atoms with Crippen LogP contribution in [0.2, 0.25) is 0 Å². The van der Waals surface area contributed by atoms with E-state index in [1.807, 2.05) is 6.07 Å². The van der Waals surface area contributed by atoms with E-state index in [1.54, 1.807) is 7.11 Å². The number of halogens is 1. The second kappa shape index (κ2) is 7.30. The highest BCUT2D eigenvalue weighted by Crippen LogP contribution is 2.32. The highest BCUT2D eigenvalue weighted by molar-refractivity contribution is 9.10. The van der Waals surface area contributed by atoms with Crippen molar-refractivity contribution in [1.29, 1.82) is 0 Å². The lowest BCUT2D eigenvalue weighted by Crippen LogP contribution is -2.34. The van der Waals surface area contributed by atoms with Gasteiger partial charge in [0, 0.05) is 6.04 Å². The summed E-state index contributed by atoms with van der Waals surface area (Å²) < 4.78 is 6.33. The monoisotopic (exact) mass is 325 g/mol. The maximum Gasteiger partial charge on any atom is 0.133 e. The lowest BCUT2D eigenvalue weighted by atomic mass is 9.80. The average molecular weight is 326 g/mol. The summed E-state index contributed by atoms with van der Waals surface area (Å²) in [7, 11) is 1.71. The van der Waals surface area contributed by atoms with Crippen LogP contribution in [0.15, 0.2) is 22.7 Å². The summed E-state index contributed by atoms with van der Waals surface area (Å²) >= 11 is 3.57. The van der Waals surface area contributed by atoms with E-state index in [4.69, 9.17) is 4.74 Å². The first-order valence-corrected chi connectivity index (χ1v) is 8.08. The van der Waals surface area contributed by atoms with Crippen LogP contribution in [-0.2, 0) is 6.42 Å². The Morgan fingerprint density at radius 1 is 1.42 bits per heavy atom. The summed E-state index contributed by atoms with van der Waals surface area (Å²) in [5.74, 6) is 1.86. The first kappa shape index (κ1) is 14.9. The van der Waals surface area contributed by atoms with Crippen LogP contribution in [0.1, 0.15) is 38.2 Å². The fourth-order valence-electron chi connectivity index (χ4n) is 2.78. The van der Waals surface area contributed by atoms with E-state index in [0.717, 1.165) is 29.1 Å². The predicted molar refractivity (Wildman–Crippen MR) is 83.8 cm³/mol. The smallest absolute Gasteiger partial charge is 0.133 e. The second-order valence-electron chi connectivity index (χ2n) is 5.46. The van der Waals surface area contributed by atoms with Crippen LogP contribution in [0, 0.1) is 5.92 Å². The van der Waals surface area contributed by atoms with E-state index in [1.165, 1.54) is 31.2 Å². The van der Waals surface area contributed by atoms with E-state index in [2.05, 4.69) is 40.3 Å². The molecule has 1 atom stereocenters. The Kier molecular flexibility index (Phi) is 5.71. The van der Waals surface area contributed by atoms with Gasteiger partial charge in [-0.05, 0) is 58.9 Å². The standard InChI is InChI=1S/C16H24BrNO/c1-3-18-14(9-12-5-4-6-12)10-13-7-8-16(19-2)15(17)11-13/h7-8,11-12,14,18H,3-6,9-10H2,1-2H3. The summed E-state index contributed by atoms with van der Waals surface area (Å²) in [5, 5.41) is 3.63. The number of hydrogen-bond acceptors (Lipinski definition) is 2. The molecule has 2 rings (SSSR count). The van der Waals surface area contributed by atoms with Gasteiger partial charge in [-0.1, -0.05) is 32.3 Å². The molecule has 1 saturated carbocycles. The Bertz CT molecular complexity index is 404. The van der Waals surface area contributed by atoms with Crippen LogP contribution in [0.4, 0.5) is 0 Å². The van der Waals surface area contributed by atoms with Crippen molar-refractivity contribution < 1.29 is 4.74 Å². The minimum atomic E-state index is 0.607. The Hall–Kier alpha value is -0.540. The van der Waals surface area contributed by atoms with E-state index in [9.17, 15) is 0 Å². The molecule has 0 bridgehead atoms. The predicted octanol–water partition coefficient (Wildman–Crippen LogP) is 4.17. The van der Waals surface area contributed by atoms with Gasteiger partial charge in [0.05, 0.1) is 11.6 Å². The molecule has 1 aliphatic carbocycles. The Morgan fingerprint density at radius 3 is 2.74 bits per heavy atom. The molecule has 2 nitrogen and oxygen atoms in total. The number of nitrogens with one attached hydrogen (secondary N) is 1. The molecule has 19 heavy (non-hydrogen) atoms. The number of likely N-dealkylation sites (N-methyl/N-ethyl adjacent to an activating group) is 1. The molecule has 0 saturated heterocycles. The zero-order chi connectivity index (χ0) is 13.7. The van der Waals surface area contributed by atoms with Crippen molar-refractivity contribution in [3.8, 4) is 5.75 Å². The molecule has 0 spiro atoms. The summed E-state index contributed by atoms with van der Waals surface area (Å²) in [6.07, 6.45) is 6.70. The summed E-state index contributed by atoms with van der Waals surface area (Å²) in [4.78, 5) is 0. The molecule has 3 heteroatoms. The third-order valence-electron chi connectivity index (χ3n) is 4.03. The van der Waals surface area contributed by atoms with Crippen molar-refractivity contribution in [3.63, 3.8) is 0 Å². The molecule has 1 N–H and O–H groups in total. The average Bonchev–Trinajstić information content (AvgIpc) is 2.34. The third kappa shape index (κ3) is 4.22. The first-order chi connectivity index (χ1) is 9.22. The highest BCUT2D eigenvalue weighted by Gasteiger charge is 2.21. The summed E-state index contributed by atoms with van der Waals surface area (Å²) in [5.41, 5.74) is 1.37. The van der Waals surface area contributed by atoms with Crippen LogP contribution in [-0.4, -0.2) is 19.7 Å². The fourth-order valence-corrected chi connectivity index (χ4v) is 3.37. The topological polar surface area (TPSA) is 21.3 Å². The maximum atomic E-state index is 5.28. The van der Waals surface area contributed by atoms with Gasteiger partial charge in [-0.2, -0.15) is 0 Å². The molecule has 0 heterocycles. The van der Waals surface area contributed by atoms with E-state index < -0.39 is 0 Å². The van der Waals surface area contributed by atoms with Gasteiger partial charge in [-0.25, -0.2) is 0 Å². The number of hydrogen-bond donors (Lipinski definition) is 1. The van der Waals surface area contributed by atoms with Crippen LogP contribution >= 0.6 is 15.9 Å². The van der Waals surface area contributed by atoms with E-state index in [0.29, 0.717) is 6.04 Å². The maximum absolute atomic E-state index is 5.28. The Morgan fingerprint density at radius 2 is 2.21 bits per heavy atom. The fraction of sp³-hybridized carbons (Fsp3) is 0.625. The van der Waals surface area contributed by atoms with Gasteiger partial charge in [0.15, 0.2) is 0 Å². The zero-order valence-electron chi connectivity index (χ0n) is 11.9. The lowest BCUT2D eigenvalue weighted by Gasteiger charge is -2.30. The van der Waals surface area contributed by atoms with Crippen LogP contribution in [0.5, 0.6) is 5.75 Å². The molecular weight excluding hydrogens is 302 g/mol. The van der Waals surface area contributed by atoms with Gasteiger partial charge in [-0.3, -0.25) is 0 Å². The normalized spacial score (nSPS) is 17.0. The minimum Gasteiger partial charge on any atom is -0.496 e. The molecule has 0 amide bonds. The second-order valence-corrected chi connectivity index (χ2v) is 6.31. The van der Waals surface area contributed by atoms with Gasteiger partial charge in [0.25, 0.3) is 0 Å². The summed E-state index contributed by atoms with van der Waals surface area (Å²) in [6.45, 7) is 3.24. The van der Waals surface area contributed by atoms with Gasteiger partial charge in [0.1, 0.15) is 5.75 Å². The molecule has 0 aliphatic heterocycles. The number of methoxy groups -OCH3 is 1. The van der Waals surface area contributed by atoms with Crippen LogP contribution in [0.3, 0.4) is 0 Å². The summed E-state index contributed by atoms with van der Waals surface area (Å²) in [6, 6.07) is 7.01. The van der Waals surface area contributed by atoms with E-state index >= 15 is 0 Å². The van der Waals surface area contributed by atoms with Crippen molar-refractivity contribution in [2.45, 2.75) is 45.1 Å². The molecule has 1 aromatic rings. The van der Waals surface area contributed by atoms with Crippen molar-refractivity contribution in [3.05, 3.63) is 28.2 Å². The largest absolute Gasteiger partial charge is 0.496 e. The van der Waals surface area contributed by atoms with Crippen molar-refractivity contribution in [1.82, 2.24) is 5.32 Å². The Balaban J connectivity index is 1.96. The number of ether oxygens (including phenoxy) is 1. The number of benzene rings is 1. The van der Waals surface area contributed by atoms with Crippen molar-refractivity contribution in [2.24, 2.45) is 5.92 Å². The zero-order valence-corrected chi connectivity index (χ0v) is 13.5. The number of rotatable bonds is 7. The lowest BCUT2D eigenvalue weighted by molar-refractivity contribution is 0.260. The molecule has 1 aromatic carbocycles. The van der Waals surface area contributed by atoms with Gasteiger partial charge >= 0.3 is 0 Å². The highest BCUT2D eigenvalue weighted by atomic mass is 79.9.